The van der Waals surface area contributed by atoms with Gasteiger partial charge >= 0.3 is 0 Å². The molecule has 0 amide bonds. The molecule has 174 valence electrons. The predicted octanol–water partition coefficient (Wildman–Crippen LogP) is 5.48. The number of nitrogens with zero attached hydrogens (tertiary/aromatic N) is 1. The van der Waals surface area contributed by atoms with E-state index in [2.05, 4.69) is 58.7 Å². The van der Waals surface area contributed by atoms with E-state index in [1.807, 2.05) is 24.3 Å². The Morgan fingerprint density at radius 1 is 0.848 bits per heavy atom. The minimum atomic E-state index is -0.159. The highest BCUT2D eigenvalue weighted by Crippen LogP contribution is 2.25. The molecular weight excluding hydrogens is 411 g/mol. The van der Waals surface area contributed by atoms with Crippen LogP contribution in [0.5, 0.6) is 0 Å². The van der Waals surface area contributed by atoms with E-state index in [-0.39, 0.29) is 11.9 Å². The molecule has 0 unspecified atom stereocenters. The Kier molecular flexibility index (Phi) is 9.05. The molecule has 33 heavy (non-hydrogen) atoms. The summed E-state index contributed by atoms with van der Waals surface area (Å²) in [5.41, 5.74) is 3.60. The van der Waals surface area contributed by atoms with Crippen molar-refractivity contribution in [1.29, 1.82) is 0 Å². The van der Waals surface area contributed by atoms with Crippen molar-refractivity contribution < 1.29 is 9.13 Å². The first-order chi connectivity index (χ1) is 16.3. The van der Waals surface area contributed by atoms with Gasteiger partial charge < -0.3 is 15.0 Å². The largest absolute Gasteiger partial charge is 0.367 e. The van der Waals surface area contributed by atoms with Crippen LogP contribution in [-0.2, 0) is 11.2 Å². The summed E-state index contributed by atoms with van der Waals surface area (Å²) in [6.45, 7) is 5.95. The Bertz CT molecular complexity index is 885. The van der Waals surface area contributed by atoms with Gasteiger partial charge in [-0.15, -0.1) is 0 Å². The number of nitrogens with one attached hydrogen (secondary N) is 1. The topological polar surface area (TPSA) is 24.5 Å². The molecule has 1 heterocycles. The molecule has 0 saturated carbocycles. The lowest BCUT2D eigenvalue weighted by Crippen LogP contribution is -2.38. The van der Waals surface area contributed by atoms with E-state index >= 15 is 0 Å². The Labute approximate surface area is 197 Å². The summed E-state index contributed by atoms with van der Waals surface area (Å²) < 4.78 is 19.4. The van der Waals surface area contributed by atoms with Crippen molar-refractivity contribution in [1.82, 2.24) is 10.2 Å². The molecule has 3 nitrogen and oxygen atoms in total. The first-order valence-corrected chi connectivity index (χ1v) is 12.2. The normalized spacial score (nSPS) is 15.2. The number of piperidine rings is 1. The predicted molar refractivity (Wildman–Crippen MR) is 133 cm³/mol. The van der Waals surface area contributed by atoms with Crippen molar-refractivity contribution in [2.75, 3.05) is 39.3 Å². The summed E-state index contributed by atoms with van der Waals surface area (Å²) in [5.74, 6) is 0.569. The van der Waals surface area contributed by atoms with Crippen LogP contribution in [0.4, 0.5) is 4.39 Å². The third kappa shape index (κ3) is 7.50. The average molecular weight is 447 g/mol. The van der Waals surface area contributed by atoms with E-state index in [1.165, 1.54) is 29.5 Å². The van der Waals surface area contributed by atoms with E-state index < -0.39 is 0 Å². The molecule has 0 aliphatic carbocycles. The second-order valence-corrected chi connectivity index (χ2v) is 8.94. The lowest BCUT2D eigenvalue weighted by atomic mass is 9.96. The molecule has 4 heteroatoms. The Morgan fingerprint density at radius 2 is 1.45 bits per heavy atom. The number of hydrogen-bond donors (Lipinski definition) is 1. The number of likely N-dealkylation sites (tertiary alicyclic amines) is 1. The minimum absolute atomic E-state index is 0.0291. The summed E-state index contributed by atoms with van der Waals surface area (Å²) >= 11 is 0. The molecular formula is C29H35FN2O. The molecule has 4 rings (SSSR count). The molecule has 0 bridgehead atoms. The molecule has 3 aromatic rings. The zero-order valence-corrected chi connectivity index (χ0v) is 19.3. The highest BCUT2D eigenvalue weighted by Gasteiger charge is 2.19. The maximum absolute atomic E-state index is 13.0. The van der Waals surface area contributed by atoms with Crippen LogP contribution in [0, 0.1) is 11.7 Å². The lowest BCUT2D eigenvalue weighted by Gasteiger charge is -2.32. The zero-order chi connectivity index (χ0) is 22.7. The van der Waals surface area contributed by atoms with Gasteiger partial charge in [-0.1, -0.05) is 72.8 Å². The third-order valence-electron chi connectivity index (χ3n) is 6.54. The van der Waals surface area contributed by atoms with Gasteiger partial charge in [0, 0.05) is 13.1 Å². The van der Waals surface area contributed by atoms with Crippen LogP contribution >= 0.6 is 0 Å². The van der Waals surface area contributed by atoms with E-state index in [0.717, 1.165) is 45.1 Å². The van der Waals surface area contributed by atoms with Gasteiger partial charge in [0.15, 0.2) is 0 Å². The average Bonchev–Trinajstić information content (AvgIpc) is 2.87. The first kappa shape index (κ1) is 23.6. The highest BCUT2D eigenvalue weighted by atomic mass is 19.1. The van der Waals surface area contributed by atoms with Crippen molar-refractivity contribution in [3.05, 3.63) is 107 Å². The SMILES string of the molecule is Fc1ccc(CCN2CCC(CNCCOC(c3ccccc3)c3ccccc3)CC2)cc1. The second kappa shape index (κ2) is 12.6. The Morgan fingerprint density at radius 3 is 2.06 bits per heavy atom. The van der Waals surface area contributed by atoms with E-state index in [1.54, 1.807) is 12.1 Å². The second-order valence-electron chi connectivity index (χ2n) is 8.94. The first-order valence-electron chi connectivity index (χ1n) is 12.2. The van der Waals surface area contributed by atoms with Gasteiger partial charge in [0.25, 0.3) is 0 Å². The van der Waals surface area contributed by atoms with Crippen LogP contribution in [0.15, 0.2) is 84.9 Å². The number of benzene rings is 3. The molecule has 1 aliphatic rings. The van der Waals surface area contributed by atoms with Crippen LogP contribution in [0.1, 0.15) is 35.6 Å². The standard InChI is InChI=1S/C29H35FN2O/c30-28-13-11-24(12-14-28)15-19-32-20-16-25(17-21-32)23-31-18-22-33-29(26-7-3-1-4-8-26)27-9-5-2-6-10-27/h1-14,25,29,31H,15-23H2. The van der Waals surface area contributed by atoms with Crippen molar-refractivity contribution >= 4 is 0 Å². The molecule has 1 fully saturated rings. The van der Waals surface area contributed by atoms with Crippen LogP contribution in [0.25, 0.3) is 0 Å². The zero-order valence-electron chi connectivity index (χ0n) is 19.3. The number of hydrogen-bond acceptors (Lipinski definition) is 3. The molecule has 0 aromatic heterocycles. The molecule has 1 saturated heterocycles. The third-order valence-corrected chi connectivity index (χ3v) is 6.54. The van der Waals surface area contributed by atoms with Gasteiger partial charge in [0.05, 0.1) is 6.61 Å². The van der Waals surface area contributed by atoms with Crippen molar-refractivity contribution in [3.63, 3.8) is 0 Å². The van der Waals surface area contributed by atoms with Crippen LogP contribution in [0.2, 0.25) is 0 Å². The fraction of sp³-hybridized carbons (Fsp3) is 0.379. The monoisotopic (exact) mass is 446 g/mol. The summed E-state index contributed by atoms with van der Waals surface area (Å²) in [5, 5.41) is 3.61. The molecule has 3 aromatic carbocycles. The fourth-order valence-electron chi connectivity index (χ4n) is 4.55. The molecule has 0 atom stereocenters. The smallest absolute Gasteiger partial charge is 0.123 e. The van der Waals surface area contributed by atoms with Crippen LogP contribution in [-0.4, -0.2) is 44.2 Å². The van der Waals surface area contributed by atoms with Gasteiger partial charge in [0.1, 0.15) is 11.9 Å². The van der Waals surface area contributed by atoms with Crippen molar-refractivity contribution in [2.24, 2.45) is 5.92 Å². The number of ether oxygens (including phenoxy) is 1. The highest BCUT2D eigenvalue weighted by molar-refractivity contribution is 5.29. The maximum Gasteiger partial charge on any atom is 0.123 e. The Hall–Kier alpha value is -2.53. The quantitative estimate of drug-likeness (QED) is 0.395. The molecule has 1 N–H and O–H groups in total. The fourth-order valence-corrected chi connectivity index (χ4v) is 4.55. The summed E-state index contributed by atoms with van der Waals surface area (Å²) in [6, 6.07) is 27.8. The molecule has 0 spiro atoms. The van der Waals surface area contributed by atoms with Crippen molar-refractivity contribution in [2.45, 2.75) is 25.4 Å². The van der Waals surface area contributed by atoms with Gasteiger partial charge in [-0.05, 0) is 73.6 Å². The molecule has 1 aliphatic heterocycles. The summed E-state index contributed by atoms with van der Waals surface area (Å²) in [7, 11) is 0. The number of rotatable bonds is 11. The Balaban J connectivity index is 1.13. The van der Waals surface area contributed by atoms with Gasteiger partial charge in [0.2, 0.25) is 0 Å². The number of halogens is 1. The molecule has 0 radical (unpaired) electrons. The summed E-state index contributed by atoms with van der Waals surface area (Å²) in [4.78, 5) is 2.54. The van der Waals surface area contributed by atoms with E-state index in [4.69, 9.17) is 4.74 Å². The lowest BCUT2D eigenvalue weighted by molar-refractivity contribution is 0.0807. The van der Waals surface area contributed by atoms with E-state index in [0.29, 0.717) is 6.61 Å². The van der Waals surface area contributed by atoms with Crippen molar-refractivity contribution in [3.8, 4) is 0 Å². The van der Waals surface area contributed by atoms with Crippen LogP contribution in [0.3, 0.4) is 0 Å². The van der Waals surface area contributed by atoms with E-state index in [9.17, 15) is 4.39 Å². The van der Waals surface area contributed by atoms with Gasteiger partial charge in [-0.25, -0.2) is 4.39 Å². The van der Waals surface area contributed by atoms with Gasteiger partial charge in [-0.2, -0.15) is 0 Å². The minimum Gasteiger partial charge on any atom is -0.367 e. The van der Waals surface area contributed by atoms with Gasteiger partial charge in [-0.3, -0.25) is 0 Å². The van der Waals surface area contributed by atoms with Crippen LogP contribution < -0.4 is 5.32 Å². The maximum atomic E-state index is 13.0. The summed E-state index contributed by atoms with van der Waals surface area (Å²) in [6.07, 6.45) is 3.42.